The van der Waals surface area contributed by atoms with Gasteiger partial charge in [0.15, 0.2) is 0 Å². The van der Waals surface area contributed by atoms with Gasteiger partial charge in [0.05, 0.1) is 12.3 Å². The molecule has 1 aliphatic heterocycles. The number of pyridine rings is 1. The fourth-order valence-corrected chi connectivity index (χ4v) is 2.35. The summed E-state index contributed by atoms with van der Waals surface area (Å²) in [5.74, 6) is -2.76. The number of nitrogens with zero attached hydrogens (tertiary/aromatic N) is 2. The Labute approximate surface area is 132 Å². The zero-order valence-corrected chi connectivity index (χ0v) is 12.9. The predicted octanol–water partition coefficient (Wildman–Crippen LogP) is 2.37. The Hall–Kier alpha value is -1.67. The Morgan fingerprint density at radius 1 is 1.43 bits per heavy atom. The molecule has 1 atom stereocenters. The number of aliphatic carboxylic acids is 1. The Morgan fingerprint density at radius 3 is 2.61 bits per heavy atom. The van der Waals surface area contributed by atoms with E-state index in [0.29, 0.717) is 6.04 Å². The fraction of sp³-hybridized carbons (Fsp3) is 0.600. The second-order valence-corrected chi connectivity index (χ2v) is 5.37. The zero-order valence-electron chi connectivity index (χ0n) is 12.9. The number of rotatable bonds is 3. The molecule has 23 heavy (non-hydrogen) atoms. The molecule has 0 bridgehead atoms. The molecule has 1 aliphatic rings. The van der Waals surface area contributed by atoms with Gasteiger partial charge in [0.2, 0.25) is 0 Å². The number of aryl methyl sites for hydroxylation is 1. The van der Waals surface area contributed by atoms with Gasteiger partial charge in [-0.05, 0) is 37.9 Å². The molecule has 1 aromatic heterocycles. The third kappa shape index (κ3) is 6.54. The number of aliphatic hydroxyl groups is 1. The van der Waals surface area contributed by atoms with Crippen LogP contribution in [0.3, 0.4) is 0 Å². The average molecular weight is 334 g/mol. The van der Waals surface area contributed by atoms with Crippen molar-refractivity contribution in [3.8, 4) is 0 Å². The highest BCUT2D eigenvalue weighted by Gasteiger charge is 2.38. The Bertz CT molecular complexity index is 509. The van der Waals surface area contributed by atoms with E-state index < -0.39 is 12.1 Å². The highest BCUT2D eigenvalue weighted by Crippen LogP contribution is 2.19. The van der Waals surface area contributed by atoms with E-state index in [0.717, 1.165) is 25.2 Å². The van der Waals surface area contributed by atoms with E-state index in [4.69, 9.17) is 9.90 Å². The molecular formula is C15H21F3N2O3. The van der Waals surface area contributed by atoms with Crippen LogP contribution in [0.25, 0.3) is 0 Å². The lowest BCUT2D eigenvalue weighted by atomic mass is 10.0. The van der Waals surface area contributed by atoms with Gasteiger partial charge in [0, 0.05) is 18.8 Å². The van der Waals surface area contributed by atoms with Crippen molar-refractivity contribution < 1.29 is 28.2 Å². The SMILES string of the molecule is Cc1cccnc1CN1CCCCC1CO.O=C(O)C(F)(F)F. The number of hydrogen-bond acceptors (Lipinski definition) is 4. The van der Waals surface area contributed by atoms with E-state index in [2.05, 4.69) is 22.9 Å². The van der Waals surface area contributed by atoms with Gasteiger partial charge in [-0.1, -0.05) is 12.5 Å². The number of carboxylic acids is 1. The van der Waals surface area contributed by atoms with Crippen molar-refractivity contribution in [3.05, 3.63) is 29.6 Å². The molecule has 1 unspecified atom stereocenters. The topological polar surface area (TPSA) is 73.7 Å². The molecule has 0 aromatic carbocycles. The van der Waals surface area contributed by atoms with Crippen molar-refractivity contribution in [1.29, 1.82) is 0 Å². The molecule has 2 heterocycles. The monoisotopic (exact) mass is 334 g/mol. The van der Waals surface area contributed by atoms with Gasteiger partial charge in [-0.2, -0.15) is 13.2 Å². The molecule has 0 aliphatic carbocycles. The minimum absolute atomic E-state index is 0.270. The molecule has 2 rings (SSSR count). The fourth-order valence-electron chi connectivity index (χ4n) is 2.35. The van der Waals surface area contributed by atoms with Crippen LogP contribution in [0.15, 0.2) is 18.3 Å². The lowest BCUT2D eigenvalue weighted by Crippen LogP contribution is -2.41. The first-order chi connectivity index (χ1) is 10.8. The first-order valence-corrected chi connectivity index (χ1v) is 7.31. The Balaban J connectivity index is 0.000000322. The Kier molecular flexibility index (Phi) is 7.44. The zero-order chi connectivity index (χ0) is 17.5. The number of carbonyl (C=O) groups is 1. The number of piperidine rings is 1. The number of likely N-dealkylation sites (tertiary alicyclic amines) is 1. The first kappa shape index (κ1) is 19.4. The highest BCUT2D eigenvalue weighted by molar-refractivity contribution is 5.73. The van der Waals surface area contributed by atoms with E-state index >= 15 is 0 Å². The summed E-state index contributed by atoms with van der Waals surface area (Å²) in [5.41, 5.74) is 2.38. The molecule has 130 valence electrons. The molecule has 8 heteroatoms. The van der Waals surface area contributed by atoms with Crippen LogP contribution in [-0.2, 0) is 11.3 Å². The van der Waals surface area contributed by atoms with Gasteiger partial charge in [0.25, 0.3) is 0 Å². The smallest absolute Gasteiger partial charge is 0.475 e. The molecule has 0 amide bonds. The van der Waals surface area contributed by atoms with Crippen LogP contribution in [0, 0.1) is 6.92 Å². The molecule has 1 aromatic rings. The summed E-state index contributed by atoms with van der Waals surface area (Å²) in [6, 6.07) is 4.40. The molecule has 2 N–H and O–H groups in total. The standard InChI is InChI=1S/C13H20N2O.C2HF3O2/c1-11-5-4-7-14-13(11)9-15-8-3-2-6-12(15)10-16;3-2(4,5)1(6)7/h4-5,7,12,16H,2-3,6,8-10H2,1H3;(H,6,7). The van der Waals surface area contributed by atoms with Gasteiger partial charge >= 0.3 is 12.1 Å². The van der Waals surface area contributed by atoms with Crippen LogP contribution in [-0.4, -0.2) is 51.4 Å². The maximum atomic E-state index is 10.6. The quantitative estimate of drug-likeness (QED) is 0.888. The van der Waals surface area contributed by atoms with Crippen LogP contribution in [0.5, 0.6) is 0 Å². The van der Waals surface area contributed by atoms with Crippen molar-refractivity contribution in [2.45, 2.75) is 44.9 Å². The van der Waals surface area contributed by atoms with E-state index in [1.54, 1.807) is 0 Å². The molecule has 0 spiro atoms. The lowest BCUT2D eigenvalue weighted by Gasteiger charge is -2.34. The Morgan fingerprint density at radius 2 is 2.09 bits per heavy atom. The van der Waals surface area contributed by atoms with E-state index in [9.17, 15) is 18.3 Å². The summed E-state index contributed by atoms with van der Waals surface area (Å²) < 4.78 is 31.7. The summed E-state index contributed by atoms with van der Waals surface area (Å²) in [7, 11) is 0. The van der Waals surface area contributed by atoms with Gasteiger partial charge in [-0.25, -0.2) is 4.79 Å². The van der Waals surface area contributed by atoms with Crippen LogP contribution in [0.4, 0.5) is 13.2 Å². The van der Waals surface area contributed by atoms with E-state index in [1.807, 2.05) is 12.3 Å². The number of carboxylic acid groups (broad SMARTS) is 1. The van der Waals surface area contributed by atoms with Gasteiger partial charge in [-0.3, -0.25) is 9.88 Å². The number of aliphatic hydroxyl groups excluding tert-OH is 1. The molecule has 1 fully saturated rings. The number of alkyl halides is 3. The summed E-state index contributed by atoms with van der Waals surface area (Å²) in [6.07, 6.45) is 0.355. The van der Waals surface area contributed by atoms with Crippen molar-refractivity contribution >= 4 is 5.97 Å². The molecular weight excluding hydrogens is 313 g/mol. The van der Waals surface area contributed by atoms with Gasteiger partial charge in [0.1, 0.15) is 0 Å². The summed E-state index contributed by atoms with van der Waals surface area (Å²) in [5, 5.41) is 16.5. The van der Waals surface area contributed by atoms with Crippen LogP contribution < -0.4 is 0 Å². The minimum atomic E-state index is -5.08. The normalized spacial score (nSPS) is 18.9. The van der Waals surface area contributed by atoms with Crippen LogP contribution in [0.2, 0.25) is 0 Å². The average Bonchev–Trinajstić information content (AvgIpc) is 2.50. The van der Waals surface area contributed by atoms with Crippen molar-refractivity contribution in [3.63, 3.8) is 0 Å². The summed E-state index contributed by atoms with van der Waals surface area (Å²) in [4.78, 5) is 15.7. The highest BCUT2D eigenvalue weighted by atomic mass is 19.4. The molecule has 0 radical (unpaired) electrons. The maximum Gasteiger partial charge on any atom is 0.490 e. The second kappa shape index (κ2) is 8.83. The molecule has 1 saturated heterocycles. The minimum Gasteiger partial charge on any atom is -0.475 e. The van der Waals surface area contributed by atoms with Crippen molar-refractivity contribution in [1.82, 2.24) is 9.88 Å². The summed E-state index contributed by atoms with van der Waals surface area (Å²) in [6.45, 7) is 4.32. The van der Waals surface area contributed by atoms with E-state index in [1.165, 1.54) is 18.4 Å². The molecule has 5 nitrogen and oxygen atoms in total. The summed E-state index contributed by atoms with van der Waals surface area (Å²) >= 11 is 0. The van der Waals surface area contributed by atoms with Crippen molar-refractivity contribution in [2.24, 2.45) is 0 Å². The maximum absolute atomic E-state index is 10.6. The number of hydrogen-bond donors (Lipinski definition) is 2. The third-order valence-corrected chi connectivity index (χ3v) is 3.67. The van der Waals surface area contributed by atoms with Crippen molar-refractivity contribution in [2.75, 3.05) is 13.2 Å². The van der Waals surface area contributed by atoms with Crippen LogP contribution >= 0.6 is 0 Å². The third-order valence-electron chi connectivity index (χ3n) is 3.67. The lowest BCUT2D eigenvalue weighted by molar-refractivity contribution is -0.192. The first-order valence-electron chi connectivity index (χ1n) is 7.31. The number of aromatic nitrogens is 1. The van der Waals surface area contributed by atoms with Crippen LogP contribution in [0.1, 0.15) is 30.5 Å². The predicted molar refractivity (Wildman–Crippen MR) is 77.8 cm³/mol. The second-order valence-electron chi connectivity index (χ2n) is 5.37. The largest absolute Gasteiger partial charge is 0.490 e. The number of halogens is 3. The van der Waals surface area contributed by atoms with E-state index in [-0.39, 0.29) is 6.61 Å². The van der Waals surface area contributed by atoms with Gasteiger partial charge < -0.3 is 10.2 Å². The molecule has 0 saturated carbocycles. The van der Waals surface area contributed by atoms with Gasteiger partial charge in [-0.15, -0.1) is 0 Å².